The van der Waals surface area contributed by atoms with Gasteiger partial charge in [-0.3, -0.25) is 4.90 Å². The Labute approximate surface area is 129 Å². The second-order valence-electron chi connectivity index (χ2n) is 6.57. The number of rotatable bonds is 8. The van der Waals surface area contributed by atoms with Crippen molar-refractivity contribution < 1.29 is 0 Å². The van der Waals surface area contributed by atoms with Gasteiger partial charge in [-0.1, -0.05) is 27.2 Å². The Morgan fingerprint density at radius 2 is 2.24 bits per heavy atom. The second-order valence-corrected chi connectivity index (χ2v) is 6.57. The van der Waals surface area contributed by atoms with E-state index in [0.717, 1.165) is 44.3 Å². The Morgan fingerprint density at radius 1 is 1.38 bits per heavy atom. The number of hydrogen-bond acceptors (Lipinski definition) is 4. The lowest BCUT2D eigenvalue weighted by atomic mass is 10.0. The van der Waals surface area contributed by atoms with Crippen molar-refractivity contribution in [3.63, 3.8) is 0 Å². The molecule has 0 amide bonds. The van der Waals surface area contributed by atoms with Crippen molar-refractivity contribution in [2.24, 2.45) is 5.92 Å². The molecule has 1 aliphatic rings. The lowest BCUT2D eigenvalue weighted by Gasteiger charge is -2.35. The number of nitrogens with zero attached hydrogens (tertiary/aromatic N) is 4. The molecule has 1 N–H and O–H groups in total. The van der Waals surface area contributed by atoms with Crippen LogP contribution < -0.4 is 5.32 Å². The predicted octanol–water partition coefficient (Wildman–Crippen LogP) is 2.29. The normalized spacial score (nSPS) is 20.3. The summed E-state index contributed by atoms with van der Waals surface area (Å²) in [5.74, 6) is 1.84. The van der Waals surface area contributed by atoms with E-state index in [1.165, 1.54) is 25.8 Å². The van der Waals surface area contributed by atoms with Crippen LogP contribution in [0.5, 0.6) is 0 Å². The smallest absolute Gasteiger partial charge is 0.141 e. The first-order valence-corrected chi connectivity index (χ1v) is 8.52. The van der Waals surface area contributed by atoms with E-state index in [-0.39, 0.29) is 0 Å². The van der Waals surface area contributed by atoms with Crippen LogP contribution in [0.4, 0.5) is 0 Å². The summed E-state index contributed by atoms with van der Waals surface area (Å²) < 4.78 is 2.06. The topological polar surface area (TPSA) is 46.0 Å². The zero-order chi connectivity index (χ0) is 15.1. The van der Waals surface area contributed by atoms with E-state index in [2.05, 4.69) is 45.8 Å². The van der Waals surface area contributed by atoms with Gasteiger partial charge in [0.2, 0.25) is 0 Å². The molecule has 1 fully saturated rings. The number of aryl methyl sites for hydroxylation is 1. The third-order valence-electron chi connectivity index (χ3n) is 4.16. The Hall–Kier alpha value is -0.940. The van der Waals surface area contributed by atoms with Gasteiger partial charge in [0.25, 0.3) is 0 Å². The van der Waals surface area contributed by atoms with Gasteiger partial charge in [-0.15, -0.1) is 0 Å². The maximum absolute atomic E-state index is 4.46. The quantitative estimate of drug-likeness (QED) is 0.799. The molecule has 1 saturated heterocycles. The lowest BCUT2D eigenvalue weighted by molar-refractivity contribution is 0.131. The van der Waals surface area contributed by atoms with Crippen molar-refractivity contribution in [1.29, 1.82) is 0 Å². The van der Waals surface area contributed by atoms with E-state index in [1.807, 2.05) is 0 Å². The lowest BCUT2D eigenvalue weighted by Crippen LogP contribution is -2.45. The van der Waals surface area contributed by atoms with E-state index in [0.29, 0.717) is 6.04 Å². The van der Waals surface area contributed by atoms with Gasteiger partial charge in [-0.25, -0.2) is 9.67 Å². The third kappa shape index (κ3) is 5.08. The zero-order valence-electron chi connectivity index (χ0n) is 13.9. The SMILES string of the molecule is CCCn1ncnc1CN1CCCCC1CNCC(C)C. The molecule has 21 heavy (non-hydrogen) atoms. The van der Waals surface area contributed by atoms with Gasteiger partial charge < -0.3 is 5.32 Å². The molecule has 0 saturated carbocycles. The van der Waals surface area contributed by atoms with Crippen molar-refractivity contribution in [2.75, 3.05) is 19.6 Å². The molecule has 5 heteroatoms. The molecule has 0 aromatic carbocycles. The van der Waals surface area contributed by atoms with Gasteiger partial charge in [0.15, 0.2) is 0 Å². The summed E-state index contributed by atoms with van der Waals surface area (Å²) in [6.07, 6.45) is 6.76. The molecule has 1 aromatic rings. The molecular formula is C16H31N5. The molecular weight excluding hydrogens is 262 g/mol. The standard InChI is InChI=1S/C16H31N5/c1-4-8-21-16(18-13-19-21)12-20-9-6-5-7-15(20)11-17-10-14(2)3/h13-15,17H,4-12H2,1-3H3. The molecule has 1 aromatic heterocycles. The highest BCUT2D eigenvalue weighted by Crippen LogP contribution is 2.18. The minimum absolute atomic E-state index is 0.643. The first-order chi connectivity index (χ1) is 10.2. The van der Waals surface area contributed by atoms with Crippen LogP contribution in [0.15, 0.2) is 6.33 Å². The van der Waals surface area contributed by atoms with Crippen molar-refractivity contribution in [1.82, 2.24) is 25.0 Å². The first-order valence-electron chi connectivity index (χ1n) is 8.52. The fraction of sp³-hybridized carbons (Fsp3) is 0.875. The molecule has 5 nitrogen and oxygen atoms in total. The van der Waals surface area contributed by atoms with Crippen molar-refractivity contribution in [3.05, 3.63) is 12.2 Å². The van der Waals surface area contributed by atoms with E-state index in [4.69, 9.17) is 0 Å². The van der Waals surface area contributed by atoms with Crippen LogP contribution in [-0.4, -0.2) is 45.3 Å². The van der Waals surface area contributed by atoms with Gasteiger partial charge in [-0.05, 0) is 38.3 Å². The molecule has 0 bridgehead atoms. The molecule has 2 heterocycles. The maximum atomic E-state index is 4.46. The first kappa shape index (κ1) is 16.4. The van der Waals surface area contributed by atoms with Crippen LogP contribution in [-0.2, 0) is 13.1 Å². The van der Waals surface area contributed by atoms with Gasteiger partial charge in [0, 0.05) is 19.1 Å². The highest BCUT2D eigenvalue weighted by molar-refractivity contribution is 4.89. The van der Waals surface area contributed by atoms with Crippen LogP contribution in [0.3, 0.4) is 0 Å². The Morgan fingerprint density at radius 3 is 3.00 bits per heavy atom. The average Bonchev–Trinajstić information content (AvgIpc) is 2.88. The van der Waals surface area contributed by atoms with E-state index >= 15 is 0 Å². The number of aromatic nitrogens is 3. The minimum Gasteiger partial charge on any atom is -0.315 e. The van der Waals surface area contributed by atoms with Gasteiger partial charge >= 0.3 is 0 Å². The van der Waals surface area contributed by atoms with E-state index in [9.17, 15) is 0 Å². The van der Waals surface area contributed by atoms with Crippen molar-refractivity contribution in [2.45, 2.75) is 65.6 Å². The van der Waals surface area contributed by atoms with Crippen LogP contribution in [0, 0.1) is 5.92 Å². The van der Waals surface area contributed by atoms with Gasteiger partial charge in [0.1, 0.15) is 12.2 Å². The number of hydrogen-bond donors (Lipinski definition) is 1. The number of piperidine rings is 1. The largest absolute Gasteiger partial charge is 0.315 e. The second kappa shape index (κ2) is 8.49. The van der Waals surface area contributed by atoms with Crippen molar-refractivity contribution >= 4 is 0 Å². The highest BCUT2D eigenvalue weighted by atomic mass is 15.4. The zero-order valence-corrected chi connectivity index (χ0v) is 13.9. The number of likely N-dealkylation sites (tertiary alicyclic amines) is 1. The van der Waals surface area contributed by atoms with Crippen LogP contribution in [0.2, 0.25) is 0 Å². The summed E-state index contributed by atoms with van der Waals surface area (Å²) in [5, 5.41) is 7.96. The summed E-state index contributed by atoms with van der Waals surface area (Å²) in [6, 6.07) is 0.643. The average molecular weight is 293 g/mol. The summed E-state index contributed by atoms with van der Waals surface area (Å²) in [4.78, 5) is 7.05. The fourth-order valence-electron chi connectivity index (χ4n) is 3.03. The molecule has 1 atom stereocenters. The summed E-state index contributed by atoms with van der Waals surface area (Å²) in [5.41, 5.74) is 0. The molecule has 2 rings (SSSR count). The molecule has 1 aliphatic heterocycles. The summed E-state index contributed by atoms with van der Waals surface area (Å²) in [6.45, 7) is 12.0. The Bertz CT molecular complexity index is 401. The Kier molecular flexibility index (Phi) is 6.64. The maximum Gasteiger partial charge on any atom is 0.141 e. The van der Waals surface area contributed by atoms with Gasteiger partial charge in [-0.2, -0.15) is 5.10 Å². The molecule has 0 radical (unpaired) electrons. The summed E-state index contributed by atoms with van der Waals surface area (Å²) in [7, 11) is 0. The van der Waals surface area contributed by atoms with Crippen molar-refractivity contribution in [3.8, 4) is 0 Å². The highest BCUT2D eigenvalue weighted by Gasteiger charge is 2.23. The molecule has 120 valence electrons. The van der Waals surface area contributed by atoms with Crippen LogP contribution >= 0.6 is 0 Å². The summed E-state index contributed by atoms with van der Waals surface area (Å²) >= 11 is 0. The van der Waals surface area contributed by atoms with Gasteiger partial charge in [0.05, 0.1) is 6.54 Å². The minimum atomic E-state index is 0.643. The predicted molar refractivity (Wildman–Crippen MR) is 86.1 cm³/mol. The Balaban J connectivity index is 1.90. The van der Waals surface area contributed by atoms with E-state index in [1.54, 1.807) is 6.33 Å². The number of nitrogens with one attached hydrogen (secondary N) is 1. The molecule has 0 aliphatic carbocycles. The fourth-order valence-corrected chi connectivity index (χ4v) is 3.03. The molecule has 0 spiro atoms. The third-order valence-corrected chi connectivity index (χ3v) is 4.16. The van der Waals surface area contributed by atoms with Crippen LogP contribution in [0.1, 0.15) is 52.3 Å². The van der Waals surface area contributed by atoms with Crippen LogP contribution in [0.25, 0.3) is 0 Å². The van der Waals surface area contributed by atoms with E-state index < -0.39 is 0 Å². The molecule has 1 unspecified atom stereocenters. The monoisotopic (exact) mass is 293 g/mol.